The van der Waals surface area contributed by atoms with Gasteiger partial charge in [0.2, 0.25) is 0 Å². The Kier molecular flexibility index (Phi) is 76.6. The second-order valence-corrected chi connectivity index (χ2v) is 36.0. The van der Waals surface area contributed by atoms with Gasteiger partial charge in [0.15, 0.2) is 12.2 Å². The molecule has 107 heavy (non-hydrogen) atoms. The fourth-order valence-electron chi connectivity index (χ4n) is 13.7. The number of esters is 4. The lowest BCUT2D eigenvalue weighted by Gasteiger charge is -2.21. The standard InChI is InChI=1S/C88H172O17P2/c1-8-9-10-11-12-13-31-41-48-55-62-69-85(90)98-75-83(104-88(93)72-65-58-51-44-37-30-24-18-21-27-34-40-47-54-61-68-81(6)7)77-102-106(94,95)100-73-82(89)74-101-107(96,97)103-78-84(105-87(92)71-64-57-50-43-36-29-23-17-15-20-26-33-39-46-53-60-67-80(4)5)76-99-86(91)70-63-56-49-42-35-28-22-16-14-19-25-32-38-45-52-59-66-79(2)3/h79-84,89H,8-78H2,1-7H3,(H,94,95)(H,96,97)/t82-,83+,84+/m0/s1. The SMILES string of the molecule is CCCCCCCCCCCCCC(=O)OC[C@H](COP(=O)(O)OC[C@H](O)COP(=O)(O)OC[C@@H](COC(=O)CCCCCCCCCCCCCCCCCCC(C)C)OC(=O)CCCCCCCCCCCCCCCCCCC(C)C)OC(=O)CCCCCCCCCCCCCCCCCC(C)C. The van der Waals surface area contributed by atoms with Gasteiger partial charge in [0, 0.05) is 25.7 Å². The fraction of sp³-hybridized carbons (Fsp3) is 0.955. The van der Waals surface area contributed by atoms with Crippen LogP contribution >= 0.6 is 15.6 Å². The summed E-state index contributed by atoms with van der Waals surface area (Å²) >= 11 is 0. The van der Waals surface area contributed by atoms with Crippen LogP contribution in [0.5, 0.6) is 0 Å². The quantitative estimate of drug-likeness (QED) is 0.0222. The summed E-state index contributed by atoms with van der Waals surface area (Å²) in [5.74, 6) is 0.324. The maximum Gasteiger partial charge on any atom is 0.472 e. The lowest BCUT2D eigenvalue weighted by Crippen LogP contribution is -2.30. The van der Waals surface area contributed by atoms with Crippen LogP contribution in [-0.4, -0.2) is 96.7 Å². The largest absolute Gasteiger partial charge is 0.472 e. The molecule has 0 bridgehead atoms. The zero-order chi connectivity index (χ0) is 78.6. The molecule has 19 heteroatoms. The molecular weight excluding hydrogens is 1390 g/mol. The summed E-state index contributed by atoms with van der Waals surface area (Å²) in [6.45, 7) is 12.1. The number of unbranched alkanes of at least 4 members (excludes halogenated alkanes) is 54. The molecule has 17 nitrogen and oxygen atoms in total. The summed E-state index contributed by atoms with van der Waals surface area (Å²) in [6, 6.07) is 0. The number of carbonyl (C=O) groups is 4. The minimum atomic E-state index is -4.97. The van der Waals surface area contributed by atoms with Gasteiger partial charge in [-0.25, -0.2) is 9.13 Å². The Hall–Kier alpha value is -1.94. The third-order valence-electron chi connectivity index (χ3n) is 20.6. The van der Waals surface area contributed by atoms with Crippen LogP contribution in [0.2, 0.25) is 0 Å². The first kappa shape index (κ1) is 105. The highest BCUT2D eigenvalue weighted by molar-refractivity contribution is 7.47. The van der Waals surface area contributed by atoms with Gasteiger partial charge < -0.3 is 33.8 Å². The highest BCUT2D eigenvalue weighted by Gasteiger charge is 2.31. The number of carbonyl (C=O) groups excluding carboxylic acids is 4. The highest BCUT2D eigenvalue weighted by atomic mass is 31.2. The number of phosphoric acid groups is 2. The van der Waals surface area contributed by atoms with Crippen molar-refractivity contribution in [2.75, 3.05) is 39.6 Å². The van der Waals surface area contributed by atoms with E-state index in [1.807, 2.05) is 0 Å². The Balaban J connectivity index is 5.24. The molecule has 3 N–H and O–H groups in total. The van der Waals surface area contributed by atoms with Crippen LogP contribution in [0.15, 0.2) is 0 Å². The lowest BCUT2D eigenvalue weighted by molar-refractivity contribution is -0.161. The van der Waals surface area contributed by atoms with Crippen molar-refractivity contribution in [3.63, 3.8) is 0 Å². The normalized spacial score (nSPS) is 13.8. The molecule has 0 aromatic heterocycles. The minimum absolute atomic E-state index is 0.108. The van der Waals surface area contributed by atoms with E-state index in [2.05, 4.69) is 48.5 Å². The molecule has 2 unspecified atom stereocenters. The van der Waals surface area contributed by atoms with E-state index in [0.717, 1.165) is 108 Å². The average molecular weight is 1560 g/mol. The number of aliphatic hydroxyl groups excluding tert-OH is 1. The number of hydrogen-bond donors (Lipinski definition) is 3. The smallest absolute Gasteiger partial charge is 0.462 e. The number of aliphatic hydroxyl groups is 1. The van der Waals surface area contributed by atoms with Crippen molar-refractivity contribution >= 4 is 39.5 Å². The van der Waals surface area contributed by atoms with Gasteiger partial charge in [-0.3, -0.25) is 37.3 Å². The molecular formula is C88H172O17P2. The summed E-state index contributed by atoms with van der Waals surface area (Å²) in [5.41, 5.74) is 0. The van der Waals surface area contributed by atoms with Gasteiger partial charge in [-0.1, -0.05) is 414 Å². The predicted octanol–water partition coefficient (Wildman–Crippen LogP) is 26.9. The number of phosphoric ester groups is 2. The molecule has 0 rings (SSSR count). The van der Waals surface area contributed by atoms with Crippen LogP contribution in [0, 0.1) is 17.8 Å². The van der Waals surface area contributed by atoms with E-state index >= 15 is 0 Å². The van der Waals surface area contributed by atoms with Crippen molar-refractivity contribution < 1.29 is 80.2 Å². The Labute approximate surface area is 658 Å². The molecule has 0 fully saturated rings. The van der Waals surface area contributed by atoms with Gasteiger partial charge in [0.1, 0.15) is 19.3 Å². The summed E-state index contributed by atoms with van der Waals surface area (Å²) < 4.78 is 69.0. The molecule has 5 atom stereocenters. The Bertz CT molecular complexity index is 2060. The lowest BCUT2D eigenvalue weighted by atomic mass is 10.0. The molecule has 0 heterocycles. The molecule has 0 saturated carbocycles. The van der Waals surface area contributed by atoms with Crippen molar-refractivity contribution in [2.24, 2.45) is 17.8 Å². The molecule has 0 aliphatic rings. The van der Waals surface area contributed by atoms with Gasteiger partial charge in [-0.2, -0.15) is 0 Å². The molecule has 0 aliphatic carbocycles. The number of hydrogen-bond acceptors (Lipinski definition) is 15. The van der Waals surface area contributed by atoms with Gasteiger partial charge in [-0.05, 0) is 43.4 Å². The molecule has 0 amide bonds. The van der Waals surface area contributed by atoms with Gasteiger partial charge in [-0.15, -0.1) is 0 Å². The first-order chi connectivity index (χ1) is 51.7. The van der Waals surface area contributed by atoms with Crippen LogP contribution in [0.25, 0.3) is 0 Å². The molecule has 0 radical (unpaired) electrons. The highest BCUT2D eigenvalue weighted by Crippen LogP contribution is 2.45. The number of ether oxygens (including phenoxy) is 4. The van der Waals surface area contributed by atoms with Gasteiger partial charge in [0.25, 0.3) is 0 Å². The second kappa shape index (κ2) is 78.0. The van der Waals surface area contributed by atoms with Crippen LogP contribution in [-0.2, 0) is 65.4 Å². The van der Waals surface area contributed by atoms with Crippen LogP contribution in [0.4, 0.5) is 0 Å². The van der Waals surface area contributed by atoms with Crippen molar-refractivity contribution in [1.29, 1.82) is 0 Å². The molecule has 0 spiro atoms. The first-order valence-electron chi connectivity index (χ1n) is 45.3. The Morgan fingerprint density at radius 3 is 0.636 bits per heavy atom. The maximum atomic E-state index is 13.2. The third-order valence-corrected chi connectivity index (χ3v) is 22.5. The summed E-state index contributed by atoms with van der Waals surface area (Å²) in [7, 11) is -9.93. The molecule has 0 aliphatic heterocycles. The second-order valence-electron chi connectivity index (χ2n) is 33.1. The van der Waals surface area contributed by atoms with Crippen LogP contribution in [0.1, 0.15) is 466 Å². The van der Waals surface area contributed by atoms with Crippen LogP contribution < -0.4 is 0 Å². The van der Waals surface area contributed by atoms with Crippen molar-refractivity contribution in [1.82, 2.24) is 0 Å². The summed E-state index contributed by atoms with van der Waals surface area (Å²) in [4.78, 5) is 73.3. The van der Waals surface area contributed by atoms with E-state index in [1.165, 1.54) is 276 Å². The minimum Gasteiger partial charge on any atom is -0.462 e. The van der Waals surface area contributed by atoms with Gasteiger partial charge >= 0.3 is 39.5 Å². The average Bonchev–Trinajstić information content (AvgIpc) is 0.921. The van der Waals surface area contributed by atoms with Crippen LogP contribution in [0.3, 0.4) is 0 Å². The first-order valence-corrected chi connectivity index (χ1v) is 48.3. The molecule has 636 valence electrons. The zero-order valence-corrected chi connectivity index (χ0v) is 72.4. The topological polar surface area (TPSA) is 237 Å². The van der Waals surface area contributed by atoms with Gasteiger partial charge in [0.05, 0.1) is 26.4 Å². The summed E-state index contributed by atoms with van der Waals surface area (Å²) in [6.07, 6.45) is 69.3. The van der Waals surface area contributed by atoms with E-state index in [-0.39, 0.29) is 25.7 Å². The Morgan fingerprint density at radius 1 is 0.252 bits per heavy atom. The van der Waals surface area contributed by atoms with E-state index in [9.17, 15) is 43.2 Å². The maximum absolute atomic E-state index is 13.2. The Morgan fingerprint density at radius 2 is 0.430 bits per heavy atom. The molecule has 0 aromatic carbocycles. The van der Waals surface area contributed by atoms with Crippen molar-refractivity contribution in [3.05, 3.63) is 0 Å². The van der Waals surface area contributed by atoms with Crippen molar-refractivity contribution in [3.8, 4) is 0 Å². The zero-order valence-electron chi connectivity index (χ0n) is 70.6. The third kappa shape index (κ3) is 81.9. The van der Waals surface area contributed by atoms with E-state index in [4.69, 9.17) is 37.0 Å². The van der Waals surface area contributed by atoms with E-state index in [1.54, 1.807) is 0 Å². The number of rotatable bonds is 86. The fourth-order valence-corrected chi connectivity index (χ4v) is 15.3. The predicted molar refractivity (Wildman–Crippen MR) is 441 cm³/mol. The van der Waals surface area contributed by atoms with E-state index in [0.29, 0.717) is 25.7 Å². The summed E-state index contributed by atoms with van der Waals surface area (Å²) in [5, 5.41) is 10.7. The van der Waals surface area contributed by atoms with Crippen molar-refractivity contribution in [2.45, 2.75) is 484 Å². The van der Waals surface area contributed by atoms with E-state index < -0.39 is 97.5 Å². The molecule has 0 saturated heterocycles. The molecule has 0 aromatic rings. The monoisotopic (exact) mass is 1560 g/mol.